The lowest BCUT2D eigenvalue weighted by molar-refractivity contribution is -0.117. The van der Waals surface area contributed by atoms with Gasteiger partial charge in [0, 0.05) is 55.2 Å². The maximum Gasteiger partial charge on any atom is 0.227 e. The number of nitrogens with zero attached hydrogens (tertiary/aromatic N) is 3. The fraction of sp³-hybridized carbons (Fsp3) is 0.476. The molecule has 1 saturated carbocycles. The van der Waals surface area contributed by atoms with Gasteiger partial charge >= 0.3 is 0 Å². The third-order valence-corrected chi connectivity index (χ3v) is 5.22. The van der Waals surface area contributed by atoms with Crippen molar-refractivity contribution in [3.8, 4) is 0 Å². The van der Waals surface area contributed by atoms with Crippen molar-refractivity contribution in [1.82, 2.24) is 15.3 Å². The molecular weight excluding hydrogens is 354 g/mol. The quantitative estimate of drug-likeness (QED) is 0.767. The number of morpholine rings is 1. The Kier molecular flexibility index (Phi) is 5.83. The molecule has 7 nitrogen and oxygen atoms in total. The minimum Gasteiger partial charge on any atom is -0.378 e. The van der Waals surface area contributed by atoms with Crippen LogP contribution in [0.3, 0.4) is 0 Å². The molecule has 2 aliphatic rings. The Morgan fingerprint density at radius 3 is 2.50 bits per heavy atom. The Morgan fingerprint density at radius 1 is 1.18 bits per heavy atom. The first kappa shape index (κ1) is 18.8. The summed E-state index contributed by atoms with van der Waals surface area (Å²) < 4.78 is 5.36. The van der Waals surface area contributed by atoms with Gasteiger partial charge < -0.3 is 20.3 Å². The lowest BCUT2D eigenvalue weighted by Gasteiger charge is -2.26. The Balaban J connectivity index is 1.27. The van der Waals surface area contributed by atoms with Crippen molar-refractivity contribution >= 4 is 17.5 Å². The highest BCUT2D eigenvalue weighted by atomic mass is 16.5. The van der Waals surface area contributed by atoms with E-state index in [4.69, 9.17) is 4.74 Å². The molecule has 1 amide bonds. The lowest BCUT2D eigenvalue weighted by Crippen LogP contribution is -2.37. The smallest absolute Gasteiger partial charge is 0.227 e. The van der Waals surface area contributed by atoms with Crippen molar-refractivity contribution < 1.29 is 9.53 Å². The first-order valence-electron chi connectivity index (χ1n) is 9.97. The summed E-state index contributed by atoms with van der Waals surface area (Å²) in [6.07, 6.45) is 5.80. The highest BCUT2D eigenvalue weighted by Gasteiger charge is 2.29. The van der Waals surface area contributed by atoms with Crippen LogP contribution in [0.1, 0.15) is 36.9 Å². The molecule has 1 saturated heterocycles. The summed E-state index contributed by atoms with van der Waals surface area (Å²) in [5, 5.41) is 6.47. The van der Waals surface area contributed by atoms with Crippen LogP contribution in [0.25, 0.3) is 0 Å². The van der Waals surface area contributed by atoms with E-state index in [0.29, 0.717) is 6.54 Å². The number of rotatable bonds is 7. The highest BCUT2D eigenvalue weighted by molar-refractivity contribution is 5.94. The van der Waals surface area contributed by atoms with Gasteiger partial charge in [0.15, 0.2) is 0 Å². The predicted molar refractivity (Wildman–Crippen MR) is 108 cm³/mol. The molecule has 4 rings (SSSR count). The normalized spacial score (nSPS) is 18.0. The van der Waals surface area contributed by atoms with Crippen molar-refractivity contribution in [1.29, 1.82) is 0 Å². The second kappa shape index (κ2) is 8.67. The van der Waals surface area contributed by atoms with Gasteiger partial charge in [0.25, 0.3) is 0 Å². The number of ether oxygens (including phenoxy) is 1. The fourth-order valence-corrected chi connectivity index (χ4v) is 3.20. The second-order valence-corrected chi connectivity index (χ2v) is 7.48. The minimum atomic E-state index is 0.138. The van der Waals surface area contributed by atoms with E-state index in [0.717, 1.165) is 56.3 Å². The molecule has 1 aliphatic carbocycles. The Hall–Kier alpha value is -2.51. The SMILES string of the molecule is CC(NCc1cnc(N2CCOCC2)nc1)c1ccc(NC(=O)C2CC2)cc1. The molecule has 1 aromatic carbocycles. The van der Waals surface area contributed by atoms with Gasteiger partial charge in [-0.25, -0.2) is 9.97 Å². The first-order valence-corrected chi connectivity index (χ1v) is 9.97. The van der Waals surface area contributed by atoms with Crippen molar-refractivity contribution in [3.05, 3.63) is 47.8 Å². The number of anilines is 2. The van der Waals surface area contributed by atoms with E-state index in [9.17, 15) is 4.79 Å². The summed E-state index contributed by atoms with van der Waals surface area (Å²) in [6.45, 7) is 5.96. The van der Waals surface area contributed by atoms with E-state index >= 15 is 0 Å². The van der Waals surface area contributed by atoms with Gasteiger partial charge in [0.1, 0.15) is 0 Å². The van der Waals surface area contributed by atoms with E-state index < -0.39 is 0 Å². The largest absolute Gasteiger partial charge is 0.378 e. The van der Waals surface area contributed by atoms with E-state index in [1.807, 2.05) is 24.5 Å². The van der Waals surface area contributed by atoms with Gasteiger partial charge in [-0.3, -0.25) is 4.79 Å². The average Bonchev–Trinajstić information content (AvgIpc) is 3.59. The molecule has 2 heterocycles. The molecule has 1 aliphatic heterocycles. The molecule has 0 radical (unpaired) electrons. The number of carbonyl (C=O) groups excluding carboxylic acids is 1. The zero-order valence-corrected chi connectivity index (χ0v) is 16.2. The standard InChI is InChI=1S/C21H27N5O2/c1-15(17-4-6-19(7-5-17)25-20(27)18-2-3-18)22-12-16-13-23-21(24-14-16)26-8-10-28-11-9-26/h4-7,13-15,18,22H,2-3,8-12H2,1H3,(H,25,27). The van der Waals surface area contributed by atoms with Crippen molar-refractivity contribution in [2.45, 2.75) is 32.4 Å². The molecule has 0 bridgehead atoms. The fourth-order valence-electron chi connectivity index (χ4n) is 3.20. The Morgan fingerprint density at radius 2 is 1.86 bits per heavy atom. The topological polar surface area (TPSA) is 79.4 Å². The van der Waals surface area contributed by atoms with Gasteiger partial charge in [-0.1, -0.05) is 12.1 Å². The first-order chi connectivity index (χ1) is 13.7. The van der Waals surface area contributed by atoms with Crippen LogP contribution in [0.15, 0.2) is 36.7 Å². The zero-order valence-electron chi connectivity index (χ0n) is 16.2. The second-order valence-electron chi connectivity index (χ2n) is 7.48. The molecule has 0 spiro atoms. The van der Waals surface area contributed by atoms with Crippen LogP contribution in [0.2, 0.25) is 0 Å². The maximum absolute atomic E-state index is 11.8. The van der Waals surface area contributed by atoms with Gasteiger partial charge in [-0.05, 0) is 37.5 Å². The molecule has 28 heavy (non-hydrogen) atoms. The van der Waals surface area contributed by atoms with E-state index in [1.54, 1.807) is 0 Å². The molecule has 1 aromatic heterocycles. The van der Waals surface area contributed by atoms with Crippen LogP contribution < -0.4 is 15.5 Å². The minimum absolute atomic E-state index is 0.138. The van der Waals surface area contributed by atoms with Gasteiger partial charge in [-0.2, -0.15) is 0 Å². The number of hydrogen-bond donors (Lipinski definition) is 2. The van der Waals surface area contributed by atoms with E-state index in [-0.39, 0.29) is 17.9 Å². The summed E-state index contributed by atoms with van der Waals surface area (Å²) in [5.74, 6) is 1.13. The third kappa shape index (κ3) is 4.85. The molecule has 1 unspecified atom stereocenters. The molecule has 7 heteroatoms. The molecule has 2 fully saturated rings. The van der Waals surface area contributed by atoms with Crippen LogP contribution in [0.5, 0.6) is 0 Å². The van der Waals surface area contributed by atoms with Gasteiger partial charge in [0.2, 0.25) is 11.9 Å². The molecule has 2 N–H and O–H groups in total. The molecule has 2 aromatic rings. The summed E-state index contributed by atoms with van der Waals surface area (Å²) in [6, 6.07) is 8.23. The third-order valence-electron chi connectivity index (χ3n) is 5.22. The van der Waals surface area contributed by atoms with Crippen LogP contribution in [0.4, 0.5) is 11.6 Å². The van der Waals surface area contributed by atoms with Gasteiger partial charge in [0.05, 0.1) is 13.2 Å². The van der Waals surface area contributed by atoms with Crippen LogP contribution in [-0.2, 0) is 16.1 Å². The summed E-state index contributed by atoms with van der Waals surface area (Å²) in [4.78, 5) is 23.0. The summed E-state index contributed by atoms with van der Waals surface area (Å²) in [7, 11) is 0. The Labute approximate surface area is 165 Å². The maximum atomic E-state index is 11.8. The number of hydrogen-bond acceptors (Lipinski definition) is 6. The number of nitrogens with one attached hydrogen (secondary N) is 2. The van der Waals surface area contributed by atoms with E-state index in [2.05, 4.69) is 44.6 Å². The van der Waals surface area contributed by atoms with Crippen LogP contribution in [0, 0.1) is 5.92 Å². The lowest BCUT2D eigenvalue weighted by atomic mass is 10.1. The monoisotopic (exact) mass is 381 g/mol. The van der Waals surface area contributed by atoms with Crippen LogP contribution in [-0.4, -0.2) is 42.2 Å². The van der Waals surface area contributed by atoms with E-state index in [1.165, 1.54) is 5.56 Å². The zero-order chi connectivity index (χ0) is 19.3. The number of carbonyl (C=O) groups is 1. The number of benzene rings is 1. The molecule has 148 valence electrons. The molecular formula is C21H27N5O2. The molecule has 1 atom stereocenters. The summed E-state index contributed by atoms with van der Waals surface area (Å²) in [5.41, 5.74) is 3.09. The van der Waals surface area contributed by atoms with Gasteiger partial charge in [-0.15, -0.1) is 0 Å². The average molecular weight is 381 g/mol. The predicted octanol–water partition coefficient (Wildman–Crippen LogP) is 2.51. The van der Waals surface area contributed by atoms with Crippen molar-refractivity contribution in [2.75, 3.05) is 36.5 Å². The number of amides is 1. The van der Waals surface area contributed by atoms with Crippen molar-refractivity contribution in [2.24, 2.45) is 5.92 Å². The number of aromatic nitrogens is 2. The van der Waals surface area contributed by atoms with Crippen molar-refractivity contribution in [3.63, 3.8) is 0 Å². The summed E-state index contributed by atoms with van der Waals surface area (Å²) >= 11 is 0. The highest BCUT2D eigenvalue weighted by Crippen LogP contribution is 2.30. The Bertz CT molecular complexity index is 783. The van der Waals surface area contributed by atoms with Crippen LogP contribution >= 0.6 is 0 Å².